The first kappa shape index (κ1) is 26.2. The third-order valence-electron chi connectivity index (χ3n) is 5.94. The van der Waals surface area contributed by atoms with Gasteiger partial charge in [-0.2, -0.15) is 13.2 Å². The summed E-state index contributed by atoms with van der Waals surface area (Å²) in [6, 6.07) is 8.50. The summed E-state index contributed by atoms with van der Waals surface area (Å²) in [7, 11) is 1.72. The number of nitrogens with zero attached hydrogens (tertiary/aromatic N) is 2. The highest BCUT2D eigenvalue weighted by Gasteiger charge is 2.34. The predicted octanol–water partition coefficient (Wildman–Crippen LogP) is 4.13. The van der Waals surface area contributed by atoms with Crippen LogP contribution in [-0.4, -0.2) is 63.4 Å². The van der Waals surface area contributed by atoms with Crippen molar-refractivity contribution in [1.82, 2.24) is 15.5 Å². The highest BCUT2D eigenvalue weighted by Crippen LogP contribution is 2.33. The van der Waals surface area contributed by atoms with Crippen LogP contribution in [0, 0.1) is 18.8 Å². The number of guanidine groups is 1. The van der Waals surface area contributed by atoms with Crippen LogP contribution in [0.1, 0.15) is 36.5 Å². The van der Waals surface area contributed by atoms with E-state index in [1.54, 1.807) is 7.05 Å². The quantitative estimate of drug-likeness (QED) is 0.316. The van der Waals surface area contributed by atoms with E-state index in [2.05, 4.69) is 46.8 Å². The molecular formula is C22H34F3IN4O. The number of halogens is 4. The molecule has 2 saturated heterocycles. The van der Waals surface area contributed by atoms with E-state index in [0.29, 0.717) is 31.5 Å². The standard InChI is InChI=1S/C22H33F3N4O.HI/c1-16-5-7-18(8-6-16)20-19(4-3-11-30-20)13-28-21(26-2)27-12-17-9-10-29(14-17)15-22(23,24)25;/h5-8,17,19-20H,3-4,9-15H2,1-2H3,(H2,26,27,28);1H. The van der Waals surface area contributed by atoms with Crippen molar-refractivity contribution in [3.63, 3.8) is 0 Å². The van der Waals surface area contributed by atoms with Gasteiger partial charge < -0.3 is 15.4 Å². The second-order valence-corrected chi connectivity index (χ2v) is 8.44. The summed E-state index contributed by atoms with van der Waals surface area (Å²) in [6.45, 7) is 4.36. The van der Waals surface area contributed by atoms with Crippen LogP contribution < -0.4 is 10.6 Å². The number of alkyl halides is 3. The molecule has 0 aliphatic carbocycles. The molecule has 2 N–H and O–H groups in total. The Kier molecular flexibility index (Phi) is 10.3. The van der Waals surface area contributed by atoms with Gasteiger partial charge in [-0.3, -0.25) is 9.89 Å². The molecule has 9 heteroatoms. The number of hydrogen-bond donors (Lipinski definition) is 2. The molecule has 3 atom stereocenters. The Morgan fingerprint density at radius 1 is 1.16 bits per heavy atom. The van der Waals surface area contributed by atoms with Crippen molar-refractivity contribution in [2.24, 2.45) is 16.8 Å². The summed E-state index contributed by atoms with van der Waals surface area (Å²) in [5, 5.41) is 6.68. The zero-order valence-corrected chi connectivity index (χ0v) is 20.6. The van der Waals surface area contributed by atoms with Gasteiger partial charge in [-0.25, -0.2) is 0 Å². The molecule has 3 unspecified atom stereocenters. The molecule has 0 spiro atoms. The van der Waals surface area contributed by atoms with Crippen LogP contribution in [0.2, 0.25) is 0 Å². The molecule has 0 bridgehead atoms. The van der Waals surface area contributed by atoms with Crippen molar-refractivity contribution in [2.45, 2.75) is 38.5 Å². The molecule has 5 nitrogen and oxygen atoms in total. The molecule has 2 heterocycles. The van der Waals surface area contributed by atoms with Crippen LogP contribution in [0.25, 0.3) is 0 Å². The van der Waals surface area contributed by atoms with Gasteiger partial charge >= 0.3 is 6.18 Å². The fraction of sp³-hybridized carbons (Fsp3) is 0.682. The van der Waals surface area contributed by atoms with Crippen LogP contribution in [0.3, 0.4) is 0 Å². The molecule has 1 aromatic rings. The summed E-state index contributed by atoms with van der Waals surface area (Å²) < 4.78 is 43.8. The van der Waals surface area contributed by atoms with E-state index in [1.807, 2.05) is 0 Å². The van der Waals surface area contributed by atoms with E-state index in [9.17, 15) is 13.2 Å². The van der Waals surface area contributed by atoms with Gasteiger partial charge in [0.15, 0.2) is 5.96 Å². The largest absolute Gasteiger partial charge is 0.401 e. The molecule has 0 aromatic heterocycles. The smallest absolute Gasteiger partial charge is 0.373 e. The Morgan fingerprint density at radius 2 is 1.87 bits per heavy atom. The normalized spacial score (nSPS) is 25.2. The fourth-order valence-electron chi connectivity index (χ4n) is 4.34. The van der Waals surface area contributed by atoms with Gasteiger partial charge in [0.05, 0.1) is 12.6 Å². The van der Waals surface area contributed by atoms with Crippen LogP contribution >= 0.6 is 24.0 Å². The summed E-state index contributed by atoms with van der Waals surface area (Å²) in [5.74, 6) is 1.23. The fourth-order valence-corrected chi connectivity index (χ4v) is 4.34. The molecule has 31 heavy (non-hydrogen) atoms. The predicted molar refractivity (Wildman–Crippen MR) is 128 cm³/mol. The number of aliphatic imine (C=N–C) groups is 1. The SMILES string of the molecule is CN=C(NCC1CCN(CC(F)(F)F)C1)NCC1CCCOC1c1ccc(C)cc1.I. The second kappa shape index (κ2) is 12.2. The van der Waals surface area contributed by atoms with E-state index in [-0.39, 0.29) is 36.0 Å². The topological polar surface area (TPSA) is 48.9 Å². The van der Waals surface area contributed by atoms with E-state index < -0.39 is 12.7 Å². The van der Waals surface area contributed by atoms with Gasteiger partial charge in [0.1, 0.15) is 0 Å². The van der Waals surface area contributed by atoms with Crippen molar-refractivity contribution in [3.8, 4) is 0 Å². The molecule has 2 aliphatic rings. The van der Waals surface area contributed by atoms with Crippen molar-refractivity contribution in [3.05, 3.63) is 35.4 Å². The van der Waals surface area contributed by atoms with Gasteiger partial charge in [0.25, 0.3) is 0 Å². The zero-order chi connectivity index (χ0) is 21.6. The molecule has 0 saturated carbocycles. The van der Waals surface area contributed by atoms with Gasteiger partial charge in [-0.05, 0) is 44.2 Å². The molecule has 0 amide bonds. The third-order valence-corrected chi connectivity index (χ3v) is 5.94. The minimum Gasteiger partial charge on any atom is -0.373 e. The maximum absolute atomic E-state index is 12.6. The van der Waals surface area contributed by atoms with Crippen molar-refractivity contribution < 1.29 is 17.9 Å². The Bertz CT molecular complexity index is 699. The number of benzene rings is 1. The zero-order valence-electron chi connectivity index (χ0n) is 18.3. The number of rotatable bonds is 6. The molecule has 0 radical (unpaired) electrons. The highest BCUT2D eigenvalue weighted by molar-refractivity contribution is 14.0. The van der Waals surface area contributed by atoms with E-state index in [0.717, 1.165) is 32.4 Å². The maximum Gasteiger partial charge on any atom is 0.401 e. The number of likely N-dealkylation sites (tertiary alicyclic amines) is 1. The number of nitrogens with one attached hydrogen (secondary N) is 2. The van der Waals surface area contributed by atoms with E-state index >= 15 is 0 Å². The molecule has 176 valence electrons. The number of aryl methyl sites for hydroxylation is 1. The van der Waals surface area contributed by atoms with Gasteiger partial charge in [0.2, 0.25) is 0 Å². The van der Waals surface area contributed by atoms with Crippen molar-refractivity contribution in [1.29, 1.82) is 0 Å². The summed E-state index contributed by atoms with van der Waals surface area (Å²) in [4.78, 5) is 5.76. The Balaban J connectivity index is 0.00000341. The molecule has 2 aliphatic heterocycles. The molecule has 2 fully saturated rings. The van der Waals surface area contributed by atoms with Crippen molar-refractivity contribution >= 4 is 29.9 Å². The summed E-state index contributed by atoms with van der Waals surface area (Å²) in [5.41, 5.74) is 2.43. The second-order valence-electron chi connectivity index (χ2n) is 8.44. The van der Waals surface area contributed by atoms with E-state index in [4.69, 9.17) is 4.74 Å². The van der Waals surface area contributed by atoms with Crippen LogP contribution in [0.15, 0.2) is 29.3 Å². The van der Waals surface area contributed by atoms with Crippen LogP contribution in [0.5, 0.6) is 0 Å². The lowest BCUT2D eigenvalue weighted by Gasteiger charge is -2.32. The molecular weight excluding hydrogens is 520 g/mol. The van der Waals surface area contributed by atoms with Gasteiger partial charge in [0, 0.05) is 39.2 Å². The lowest BCUT2D eigenvalue weighted by Crippen LogP contribution is -2.43. The van der Waals surface area contributed by atoms with Gasteiger partial charge in [-0.15, -0.1) is 24.0 Å². The average Bonchev–Trinajstić information content (AvgIpc) is 3.14. The lowest BCUT2D eigenvalue weighted by molar-refractivity contribution is -0.143. The number of ether oxygens (including phenoxy) is 1. The first-order valence-corrected chi connectivity index (χ1v) is 10.8. The summed E-state index contributed by atoms with van der Waals surface area (Å²) >= 11 is 0. The average molecular weight is 554 g/mol. The minimum atomic E-state index is -4.13. The number of hydrogen-bond acceptors (Lipinski definition) is 3. The molecule has 3 rings (SSSR count). The Labute approximate surface area is 200 Å². The Hall–Kier alpha value is -1.07. The van der Waals surface area contributed by atoms with Crippen LogP contribution in [0.4, 0.5) is 13.2 Å². The highest BCUT2D eigenvalue weighted by atomic mass is 127. The van der Waals surface area contributed by atoms with Crippen LogP contribution in [-0.2, 0) is 4.74 Å². The Morgan fingerprint density at radius 3 is 2.55 bits per heavy atom. The first-order valence-electron chi connectivity index (χ1n) is 10.8. The summed E-state index contributed by atoms with van der Waals surface area (Å²) in [6.07, 6.45) is -1.17. The monoisotopic (exact) mass is 554 g/mol. The van der Waals surface area contributed by atoms with Gasteiger partial charge in [-0.1, -0.05) is 29.8 Å². The lowest BCUT2D eigenvalue weighted by atomic mass is 9.89. The van der Waals surface area contributed by atoms with E-state index in [1.165, 1.54) is 16.0 Å². The minimum absolute atomic E-state index is 0. The van der Waals surface area contributed by atoms with Crippen molar-refractivity contribution in [2.75, 3.05) is 46.4 Å². The third kappa shape index (κ3) is 8.42. The maximum atomic E-state index is 12.6. The molecule has 1 aromatic carbocycles. The first-order chi connectivity index (χ1) is 14.3.